The zero-order valence-corrected chi connectivity index (χ0v) is 59.3. The van der Waals surface area contributed by atoms with Gasteiger partial charge in [0.1, 0.15) is 0 Å². The van der Waals surface area contributed by atoms with E-state index in [0.29, 0.717) is 25.9 Å². The van der Waals surface area contributed by atoms with Gasteiger partial charge in [-0.15, -0.1) is 0 Å². The first-order valence-electron chi connectivity index (χ1n) is 40.1. The second kappa shape index (κ2) is 76.8. The summed E-state index contributed by atoms with van der Waals surface area (Å²) in [5.74, 6) is -0.00748. The number of hydrogen-bond donors (Lipinski definition) is 3. The molecule has 0 spiro atoms. The van der Waals surface area contributed by atoms with Gasteiger partial charge >= 0.3 is 5.97 Å². The van der Waals surface area contributed by atoms with Gasteiger partial charge < -0.3 is 20.3 Å². The van der Waals surface area contributed by atoms with Crippen LogP contribution in [0.25, 0.3) is 0 Å². The highest BCUT2D eigenvalue weighted by molar-refractivity contribution is 5.76. The van der Waals surface area contributed by atoms with Gasteiger partial charge in [0.25, 0.3) is 0 Å². The van der Waals surface area contributed by atoms with E-state index < -0.39 is 12.1 Å². The third-order valence-corrected chi connectivity index (χ3v) is 19.0. The minimum Gasteiger partial charge on any atom is -0.466 e. The van der Waals surface area contributed by atoms with Crippen molar-refractivity contribution in [2.45, 2.75) is 469 Å². The summed E-state index contributed by atoms with van der Waals surface area (Å²) in [6.45, 7) is 4.99. The summed E-state index contributed by atoms with van der Waals surface area (Å²) in [4.78, 5) is 24.6. The Morgan fingerprint density at radius 1 is 0.310 bits per heavy atom. The van der Waals surface area contributed by atoms with Gasteiger partial charge in [-0.1, -0.05) is 391 Å². The van der Waals surface area contributed by atoms with Crippen LogP contribution < -0.4 is 5.32 Å². The van der Waals surface area contributed by atoms with Crippen molar-refractivity contribution >= 4 is 11.9 Å². The minimum atomic E-state index is -0.660. The Bertz CT molecular complexity index is 1360. The quantitative estimate of drug-likeness (QED) is 0.0320. The molecule has 2 unspecified atom stereocenters. The number of amides is 1. The van der Waals surface area contributed by atoms with Crippen LogP contribution in [0.3, 0.4) is 0 Å². The van der Waals surface area contributed by atoms with Crippen LogP contribution in [-0.4, -0.2) is 47.4 Å². The second-order valence-electron chi connectivity index (χ2n) is 27.7. The Hall–Kier alpha value is -1.66. The summed E-state index contributed by atoms with van der Waals surface area (Å²) in [5, 5.41) is 23.3. The summed E-state index contributed by atoms with van der Waals surface area (Å²) >= 11 is 0. The molecular formula is C81H157NO5. The van der Waals surface area contributed by atoms with Crippen LogP contribution in [-0.2, 0) is 14.3 Å². The van der Waals surface area contributed by atoms with Gasteiger partial charge in [-0.3, -0.25) is 9.59 Å². The van der Waals surface area contributed by atoms with Gasteiger partial charge in [0.15, 0.2) is 0 Å². The van der Waals surface area contributed by atoms with Crippen LogP contribution in [0.5, 0.6) is 0 Å². The van der Waals surface area contributed by atoms with E-state index >= 15 is 0 Å². The summed E-state index contributed by atoms with van der Waals surface area (Å²) in [7, 11) is 0. The summed E-state index contributed by atoms with van der Waals surface area (Å²) in [6, 6.07) is -0.537. The molecule has 0 aromatic rings. The third kappa shape index (κ3) is 73.3. The Morgan fingerprint density at radius 3 is 0.816 bits per heavy atom. The lowest BCUT2D eigenvalue weighted by atomic mass is 10.0. The van der Waals surface area contributed by atoms with E-state index in [2.05, 4.69) is 43.5 Å². The number of nitrogens with one attached hydrogen (secondary N) is 1. The van der Waals surface area contributed by atoms with E-state index in [4.69, 9.17) is 4.74 Å². The average Bonchev–Trinajstić information content (AvgIpc) is 3.54. The van der Waals surface area contributed by atoms with E-state index in [9.17, 15) is 19.8 Å². The molecule has 0 saturated heterocycles. The normalized spacial score (nSPS) is 12.6. The molecule has 3 N–H and O–H groups in total. The predicted octanol–water partition coefficient (Wildman–Crippen LogP) is 26.4. The Kier molecular flexibility index (Phi) is 75.3. The lowest BCUT2D eigenvalue weighted by Gasteiger charge is -2.22. The molecule has 516 valence electrons. The van der Waals surface area contributed by atoms with Crippen LogP contribution in [0.4, 0.5) is 0 Å². The zero-order valence-electron chi connectivity index (χ0n) is 59.3. The molecule has 0 saturated carbocycles. The number of esters is 1. The highest BCUT2D eigenvalue weighted by Gasteiger charge is 2.20. The molecule has 0 bridgehead atoms. The van der Waals surface area contributed by atoms with Crippen molar-refractivity contribution in [1.82, 2.24) is 5.32 Å². The summed E-state index contributed by atoms with van der Waals surface area (Å²) in [5.41, 5.74) is 0. The Morgan fingerprint density at radius 2 is 0.540 bits per heavy atom. The number of carbonyl (C=O) groups is 2. The van der Waals surface area contributed by atoms with Gasteiger partial charge in [0, 0.05) is 12.8 Å². The third-order valence-electron chi connectivity index (χ3n) is 19.0. The van der Waals surface area contributed by atoms with Crippen molar-refractivity contribution < 1.29 is 24.5 Å². The van der Waals surface area contributed by atoms with Crippen molar-refractivity contribution in [2.75, 3.05) is 13.2 Å². The number of rotatable bonds is 76. The van der Waals surface area contributed by atoms with Crippen LogP contribution in [0.1, 0.15) is 457 Å². The summed E-state index contributed by atoms with van der Waals surface area (Å²) < 4.78 is 5.51. The molecule has 0 rings (SSSR count). The number of ether oxygens (including phenoxy) is 1. The molecule has 6 heteroatoms. The number of carbonyl (C=O) groups excluding carboxylic acids is 2. The molecule has 0 aliphatic carbocycles. The van der Waals surface area contributed by atoms with Crippen molar-refractivity contribution in [3.05, 3.63) is 24.3 Å². The number of allylic oxidation sites excluding steroid dienone is 4. The fourth-order valence-electron chi connectivity index (χ4n) is 12.9. The van der Waals surface area contributed by atoms with Crippen molar-refractivity contribution in [3.63, 3.8) is 0 Å². The van der Waals surface area contributed by atoms with Crippen molar-refractivity contribution in [3.8, 4) is 0 Å². The number of aliphatic hydroxyl groups is 2. The van der Waals surface area contributed by atoms with Crippen LogP contribution in [0, 0.1) is 0 Å². The molecule has 0 heterocycles. The van der Waals surface area contributed by atoms with Gasteiger partial charge in [-0.2, -0.15) is 0 Å². The second-order valence-corrected chi connectivity index (χ2v) is 27.7. The monoisotopic (exact) mass is 1220 g/mol. The smallest absolute Gasteiger partial charge is 0.305 e. The van der Waals surface area contributed by atoms with E-state index in [1.54, 1.807) is 0 Å². The minimum absolute atomic E-state index is 0.0205. The average molecular weight is 1230 g/mol. The fourth-order valence-corrected chi connectivity index (χ4v) is 12.9. The highest BCUT2D eigenvalue weighted by atomic mass is 16.5. The maximum Gasteiger partial charge on any atom is 0.305 e. The molecule has 2 atom stereocenters. The molecule has 6 nitrogen and oxygen atoms in total. The van der Waals surface area contributed by atoms with E-state index in [0.717, 1.165) is 38.5 Å². The maximum atomic E-state index is 12.5. The SMILES string of the molecule is CCCCCCCCC/C=C\CCCCCCCCCC(=O)OCCCCCCCCCCCCCCCCCCCC/C=C\CCCCCCCCCCCCCCCCCCCC(=O)NC(CO)C(O)CCCCCCCCCCCCCCC. The highest BCUT2D eigenvalue weighted by Crippen LogP contribution is 2.20. The molecule has 0 aliphatic heterocycles. The lowest BCUT2D eigenvalue weighted by molar-refractivity contribution is -0.143. The Balaban J connectivity index is 3.30. The van der Waals surface area contributed by atoms with Crippen LogP contribution >= 0.6 is 0 Å². The number of unbranched alkanes of at least 4 members (excludes halogenated alkanes) is 61. The molecule has 0 fully saturated rings. The van der Waals surface area contributed by atoms with Gasteiger partial charge in [0.2, 0.25) is 5.91 Å². The first-order chi connectivity index (χ1) is 43.0. The molecule has 1 amide bonds. The molecule has 87 heavy (non-hydrogen) atoms. The van der Waals surface area contributed by atoms with Crippen LogP contribution in [0.2, 0.25) is 0 Å². The van der Waals surface area contributed by atoms with Crippen LogP contribution in [0.15, 0.2) is 24.3 Å². The largest absolute Gasteiger partial charge is 0.466 e. The number of hydrogen-bond acceptors (Lipinski definition) is 5. The topological polar surface area (TPSA) is 95.9 Å². The molecule has 0 radical (unpaired) electrons. The first kappa shape index (κ1) is 85.3. The fraction of sp³-hybridized carbons (Fsp3) is 0.926. The van der Waals surface area contributed by atoms with E-state index in [-0.39, 0.29) is 18.5 Å². The zero-order chi connectivity index (χ0) is 62.8. The molecule has 0 aromatic carbocycles. The summed E-state index contributed by atoms with van der Waals surface area (Å²) in [6.07, 6.45) is 98.6. The standard InChI is InChI=1S/C81H157NO5/c1-3-5-7-9-11-13-15-17-18-19-44-47-51-55-59-63-67-71-75-81(86)87-76-72-68-64-60-56-52-48-45-42-40-38-36-34-32-30-28-26-24-22-20-21-23-25-27-29-31-33-35-37-39-41-43-46-50-54-58-62-66-70-74-80(85)82-78(77-83)79(84)73-69-65-61-57-53-49-16-14-12-10-8-6-4-2/h18-21,78-79,83-84H,3-17,22-77H2,1-2H3,(H,82,85)/b19-18-,21-20-. The van der Waals surface area contributed by atoms with Gasteiger partial charge in [-0.05, 0) is 77.0 Å². The predicted molar refractivity (Wildman–Crippen MR) is 384 cm³/mol. The lowest BCUT2D eigenvalue weighted by Crippen LogP contribution is -2.45. The van der Waals surface area contributed by atoms with E-state index in [1.807, 2.05) is 0 Å². The molecule has 0 aromatic heterocycles. The maximum absolute atomic E-state index is 12.5. The first-order valence-corrected chi connectivity index (χ1v) is 40.1. The Labute approximate surface area is 545 Å². The van der Waals surface area contributed by atoms with Crippen molar-refractivity contribution in [2.24, 2.45) is 0 Å². The van der Waals surface area contributed by atoms with Crippen molar-refractivity contribution in [1.29, 1.82) is 0 Å². The molecule has 0 aliphatic rings. The molecular weight excluding hydrogens is 1070 g/mol. The van der Waals surface area contributed by atoms with Gasteiger partial charge in [-0.25, -0.2) is 0 Å². The van der Waals surface area contributed by atoms with Gasteiger partial charge in [0.05, 0.1) is 25.4 Å². The number of aliphatic hydroxyl groups excluding tert-OH is 2. The van der Waals surface area contributed by atoms with E-state index in [1.165, 1.54) is 385 Å².